The molecule has 0 spiro atoms. The van der Waals surface area contributed by atoms with Crippen molar-refractivity contribution < 1.29 is 4.42 Å². The van der Waals surface area contributed by atoms with Crippen LogP contribution in [0.4, 0.5) is 0 Å². The van der Waals surface area contributed by atoms with E-state index in [2.05, 4.69) is 59.2 Å². The molecule has 1 aliphatic rings. The highest BCUT2D eigenvalue weighted by Crippen LogP contribution is 2.24. The Morgan fingerprint density at radius 2 is 1.86 bits per heavy atom. The molecule has 6 nitrogen and oxygen atoms in total. The summed E-state index contributed by atoms with van der Waals surface area (Å²) in [6.07, 6.45) is 5.41. The van der Waals surface area contributed by atoms with Crippen LogP contribution in [0.2, 0.25) is 0 Å². The largest absolute Gasteiger partial charge is 0.468 e. The molecule has 2 heterocycles. The van der Waals surface area contributed by atoms with Crippen molar-refractivity contribution in [2.75, 3.05) is 39.8 Å². The normalized spacial score (nSPS) is 16.6. The Kier molecular flexibility index (Phi) is 12.1. The second-order valence-electron chi connectivity index (χ2n) is 7.93. The molecule has 0 aromatic carbocycles. The molecule has 1 aromatic rings. The number of rotatable bonds is 10. The van der Waals surface area contributed by atoms with Gasteiger partial charge in [-0.2, -0.15) is 0 Å². The lowest BCUT2D eigenvalue weighted by molar-refractivity contribution is 0.173. The molecule has 2 rings (SSSR count). The summed E-state index contributed by atoms with van der Waals surface area (Å²) < 4.78 is 5.70. The SMILES string of the molecule is CN=C(NCCCN(C(C)C)C(C)C)NCC(c1ccco1)N1CCCC1.I. The van der Waals surface area contributed by atoms with Crippen LogP contribution in [0.3, 0.4) is 0 Å². The van der Waals surface area contributed by atoms with Gasteiger partial charge < -0.3 is 15.1 Å². The monoisotopic (exact) mass is 505 g/mol. The average molecular weight is 505 g/mol. The maximum absolute atomic E-state index is 5.70. The van der Waals surface area contributed by atoms with Gasteiger partial charge in [-0.25, -0.2) is 0 Å². The van der Waals surface area contributed by atoms with Crippen molar-refractivity contribution in [2.24, 2.45) is 4.99 Å². The second-order valence-corrected chi connectivity index (χ2v) is 7.93. The topological polar surface area (TPSA) is 56.0 Å². The molecule has 0 saturated carbocycles. The zero-order chi connectivity index (χ0) is 19.6. The Bertz CT molecular complexity index is 533. The molecule has 1 aromatic heterocycles. The molecule has 28 heavy (non-hydrogen) atoms. The van der Waals surface area contributed by atoms with Crippen molar-refractivity contribution in [1.82, 2.24) is 20.4 Å². The molecule has 2 N–H and O–H groups in total. The van der Waals surface area contributed by atoms with Crippen LogP contribution in [-0.4, -0.2) is 67.6 Å². The quantitative estimate of drug-likeness (QED) is 0.220. The summed E-state index contributed by atoms with van der Waals surface area (Å²) in [6, 6.07) is 5.47. The highest BCUT2D eigenvalue weighted by Gasteiger charge is 2.25. The van der Waals surface area contributed by atoms with Crippen LogP contribution in [0.5, 0.6) is 0 Å². The molecule has 1 aliphatic heterocycles. The number of hydrogen-bond acceptors (Lipinski definition) is 4. The minimum atomic E-state index is 0. The molecule has 162 valence electrons. The van der Waals surface area contributed by atoms with Gasteiger partial charge in [-0.05, 0) is 72.2 Å². The number of aliphatic imine (C=N–C) groups is 1. The van der Waals surface area contributed by atoms with Crippen molar-refractivity contribution in [3.8, 4) is 0 Å². The van der Waals surface area contributed by atoms with E-state index in [0.29, 0.717) is 12.1 Å². The fraction of sp³-hybridized carbons (Fsp3) is 0.762. The summed E-state index contributed by atoms with van der Waals surface area (Å²) in [5.41, 5.74) is 0. The number of furan rings is 1. The zero-order valence-corrected chi connectivity index (χ0v) is 20.6. The van der Waals surface area contributed by atoms with Crippen LogP contribution in [0, 0.1) is 0 Å². The van der Waals surface area contributed by atoms with Crippen LogP contribution in [0.15, 0.2) is 27.8 Å². The number of guanidine groups is 1. The van der Waals surface area contributed by atoms with Gasteiger partial charge in [0.15, 0.2) is 5.96 Å². The molecular formula is C21H40IN5O. The number of likely N-dealkylation sites (tertiary alicyclic amines) is 1. The molecule has 1 unspecified atom stereocenters. The third kappa shape index (κ3) is 7.91. The highest BCUT2D eigenvalue weighted by molar-refractivity contribution is 14.0. The molecule has 0 radical (unpaired) electrons. The molecule has 0 aliphatic carbocycles. The van der Waals surface area contributed by atoms with Crippen LogP contribution < -0.4 is 10.6 Å². The van der Waals surface area contributed by atoms with E-state index < -0.39 is 0 Å². The summed E-state index contributed by atoms with van der Waals surface area (Å²) in [4.78, 5) is 9.41. The lowest BCUT2D eigenvalue weighted by atomic mass is 10.2. The van der Waals surface area contributed by atoms with Crippen LogP contribution in [-0.2, 0) is 0 Å². The summed E-state index contributed by atoms with van der Waals surface area (Å²) in [5, 5.41) is 6.95. The first-order valence-electron chi connectivity index (χ1n) is 10.5. The van der Waals surface area contributed by atoms with Crippen molar-refractivity contribution in [1.29, 1.82) is 0 Å². The summed E-state index contributed by atoms with van der Waals surface area (Å²) in [5.74, 6) is 1.90. The Hall–Kier alpha value is -0.800. The van der Waals surface area contributed by atoms with E-state index >= 15 is 0 Å². The molecular weight excluding hydrogens is 465 g/mol. The molecule has 1 saturated heterocycles. The first-order chi connectivity index (χ1) is 13.0. The summed E-state index contributed by atoms with van der Waals surface area (Å²) >= 11 is 0. The standard InChI is InChI=1S/C21H39N5O.HI/c1-17(2)26(18(3)4)14-9-11-23-21(22-5)24-16-19(20-10-8-15-27-20)25-12-6-7-13-25;/h8,10,15,17-19H,6-7,9,11-14,16H2,1-5H3,(H2,22,23,24);1H. The van der Waals surface area contributed by atoms with Gasteiger partial charge in [0.05, 0.1) is 12.3 Å². The second kappa shape index (κ2) is 13.4. The fourth-order valence-electron chi connectivity index (χ4n) is 3.94. The summed E-state index contributed by atoms with van der Waals surface area (Å²) in [6.45, 7) is 14.2. The van der Waals surface area contributed by atoms with E-state index in [4.69, 9.17) is 4.42 Å². The number of nitrogens with one attached hydrogen (secondary N) is 2. The minimum Gasteiger partial charge on any atom is -0.468 e. The fourth-order valence-corrected chi connectivity index (χ4v) is 3.94. The van der Waals surface area contributed by atoms with Crippen molar-refractivity contribution in [2.45, 2.75) is 65.1 Å². The third-order valence-electron chi connectivity index (χ3n) is 5.35. The Labute approximate surface area is 188 Å². The van der Waals surface area contributed by atoms with Crippen molar-refractivity contribution in [3.05, 3.63) is 24.2 Å². The van der Waals surface area contributed by atoms with Crippen molar-refractivity contribution >= 4 is 29.9 Å². The van der Waals surface area contributed by atoms with Gasteiger partial charge in [0.2, 0.25) is 0 Å². The molecule has 1 fully saturated rings. The predicted octanol–water partition coefficient (Wildman–Crippen LogP) is 3.71. The molecule has 7 heteroatoms. The van der Waals surface area contributed by atoms with Crippen molar-refractivity contribution in [3.63, 3.8) is 0 Å². The van der Waals surface area contributed by atoms with Gasteiger partial charge in [-0.1, -0.05) is 0 Å². The van der Waals surface area contributed by atoms with E-state index in [1.54, 1.807) is 6.26 Å². The first-order valence-corrected chi connectivity index (χ1v) is 10.5. The van der Waals surface area contributed by atoms with Gasteiger partial charge in [0, 0.05) is 38.8 Å². The Morgan fingerprint density at radius 1 is 1.18 bits per heavy atom. The average Bonchev–Trinajstić information content (AvgIpc) is 3.33. The zero-order valence-electron chi connectivity index (χ0n) is 18.3. The smallest absolute Gasteiger partial charge is 0.191 e. The van der Waals surface area contributed by atoms with Crippen LogP contribution in [0.25, 0.3) is 0 Å². The van der Waals surface area contributed by atoms with Gasteiger partial charge in [-0.15, -0.1) is 24.0 Å². The molecule has 0 bridgehead atoms. The Morgan fingerprint density at radius 3 is 2.39 bits per heavy atom. The minimum absolute atomic E-state index is 0. The number of halogens is 1. The van der Waals surface area contributed by atoms with Gasteiger partial charge in [-0.3, -0.25) is 14.8 Å². The lowest BCUT2D eigenvalue weighted by Crippen LogP contribution is -2.44. The van der Waals surface area contributed by atoms with E-state index in [9.17, 15) is 0 Å². The highest BCUT2D eigenvalue weighted by atomic mass is 127. The van der Waals surface area contributed by atoms with Gasteiger partial charge in [0.25, 0.3) is 0 Å². The third-order valence-corrected chi connectivity index (χ3v) is 5.35. The molecule has 0 amide bonds. The first kappa shape index (κ1) is 25.2. The maximum Gasteiger partial charge on any atom is 0.191 e. The Balaban J connectivity index is 0.00000392. The number of hydrogen-bond donors (Lipinski definition) is 2. The lowest BCUT2D eigenvalue weighted by Gasteiger charge is -2.30. The van der Waals surface area contributed by atoms with Gasteiger partial charge in [0.1, 0.15) is 5.76 Å². The van der Waals surface area contributed by atoms with Crippen LogP contribution in [0.1, 0.15) is 58.8 Å². The van der Waals surface area contributed by atoms with Crippen LogP contribution >= 0.6 is 24.0 Å². The predicted molar refractivity (Wildman–Crippen MR) is 129 cm³/mol. The van der Waals surface area contributed by atoms with E-state index in [0.717, 1.165) is 50.9 Å². The van der Waals surface area contributed by atoms with E-state index in [1.807, 2.05) is 13.1 Å². The van der Waals surface area contributed by atoms with E-state index in [-0.39, 0.29) is 30.0 Å². The number of nitrogens with zero attached hydrogens (tertiary/aromatic N) is 3. The molecule has 1 atom stereocenters. The van der Waals surface area contributed by atoms with Gasteiger partial charge >= 0.3 is 0 Å². The van der Waals surface area contributed by atoms with E-state index in [1.165, 1.54) is 12.8 Å². The maximum atomic E-state index is 5.70. The summed E-state index contributed by atoms with van der Waals surface area (Å²) in [7, 11) is 1.83.